The van der Waals surface area contributed by atoms with Gasteiger partial charge in [-0.25, -0.2) is 0 Å². The van der Waals surface area contributed by atoms with E-state index >= 15 is 0 Å². The van der Waals surface area contributed by atoms with Crippen molar-refractivity contribution in [1.29, 1.82) is 0 Å². The van der Waals surface area contributed by atoms with Gasteiger partial charge in [-0.3, -0.25) is 5.01 Å². The Morgan fingerprint density at radius 3 is 2.29 bits per heavy atom. The summed E-state index contributed by atoms with van der Waals surface area (Å²) in [6.45, 7) is 3.17. The van der Waals surface area contributed by atoms with Crippen LogP contribution in [-0.2, 0) is 6.54 Å². The molecular formula is C27H34BrN3. The van der Waals surface area contributed by atoms with Gasteiger partial charge in [-0.05, 0) is 35.2 Å². The molecular weight excluding hydrogens is 446 g/mol. The first-order chi connectivity index (χ1) is 14.8. The second-order valence-corrected chi connectivity index (χ2v) is 8.31. The van der Waals surface area contributed by atoms with Crippen molar-refractivity contribution in [2.24, 2.45) is 0 Å². The maximum absolute atomic E-state index is 3.69. The lowest BCUT2D eigenvalue weighted by molar-refractivity contribution is -0.835. The minimum atomic E-state index is 0. The third-order valence-corrected chi connectivity index (χ3v) is 5.94. The van der Waals surface area contributed by atoms with Crippen molar-refractivity contribution in [1.82, 2.24) is 10.5 Å². The molecule has 4 rings (SSSR count). The molecule has 0 amide bonds. The number of hydrazine groups is 1. The van der Waals surface area contributed by atoms with Crippen LogP contribution in [0.4, 0.5) is 5.69 Å². The van der Waals surface area contributed by atoms with Crippen LogP contribution in [0.25, 0.3) is 10.8 Å². The molecule has 4 heteroatoms. The summed E-state index contributed by atoms with van der Waals surface area (Å²) < 4.78 is 0. The molecule has 3 aromatic carbocycles. The number of quaternary nitrogens is 1. The third kappa shape index (κ3) is 6.42. The highest BCUT2D eigenvalue weighted by molar-refractivity contribution is 5.84. The minimum absolute atomic E-state index is 0. The van der Waals surface area contributed by atoms with E-state index in [1.807, 2.05) is 0 Å². The van der Waals surface area contributed by atoms with Crippen molar-refractivity contribution in [2.75, 3.05) is 0 Å². The number of allylic oxidation sites excluding steroid dienone is 1. The lowest BCUT2D eigenvalue weighted by Gasteiger charge is -2.21. The highest BCUT2D eigenvalue weighted by atomic mass is 79.9. The smallest absolute Gasteiger partial charge is 0.157 e. The Labute approximate surface area is 197 Å². The first-order valence-electron chi connectivity index (χ1n) is 11.5. The lowest BCUT2D eigenvalue weighted by atomic mass is 10.1. The maximum Gasteiger partial charge on any atom is 0.157 e. The van der Waals surface area contributed by atoms with E-state index in [0.717, 1.165) is 13.0 Å². The van der Waals surface area contributed by atoms with E-state index in [0.29, 0.717) is 0 Å². The summed E-state index contributed by atoms with van der Waals surface area (Å²) in [7, 11) is 0. The topological polar surface area (TPSA) is 19.7 Å². The van der Waals surface area contributed by atoms with Crippen LogP contribution in [0, 0.1) is 0 Å². The zero-order chi connectivity index (χ0) is 20.6. The molecule has 0 saturated heterocycles. The predicted octanol–water partition coefficient (Wildman–Crippen LogP) is 2.89. The van der Waals surface area contributed by atoms with E-state index < -0.39 is 0 Å². The monoisotopic (exact) mass is 479 g/mol. The fourth-order valence-corrected chi connectivity index (χ4v) is 4.20. The second-order valence-electron chi connectivity index (χ2n) is 8.31. The highest BCUT2D eigenvalue weighted by Crippen LogP contribution is 2.20. The van der Waals surface area contributed by atoms with Gasteiger partial charge in [0, 0.05) is 12.1 Å². The largest absolute Gasteiger partial charge is 1.00 e. The summed E-state index contributed by atoms with van der Waals surface area (Å²) >= 11 is 0. The molecule has 0 spiro atoms. The summed E-state index contributed by atoms with van der Waals surface area (Å²) in [6.07, 6.45) is 11.5. The van der Waals surface area contributed by atoms with Crippen molar-refractivity contribution in [3.05, 3.63) is 90.3 Å². The van der Waals surface area contributed by atoms with E-state index in [-0.39, 0.29) is 17.0 Å². The number of halogens is 1. The summed E-state index contributed by atoms with van der Waals surface area (Å²) in [4.78, 5) is 0. The summed E-state index contributed by atoms with van der Waals surface area (Å²) in [5.74, 6) is 0. The highest BCUT2D eigenvalue weighted by Gasteiger charge is 2.26. The number of unbranched alkanes of at least 4 members (excludes halogenated alkanes) is 5. The van der Waals surface area contributed by atoms with Crippen molar-refractivity contribution in [3.63, 3.8) is 0 Å². The van der Waals surface area contributed by atoms with E-state index in [4.69, 9.17) is 0 Å². The van der Waals surface area contributed by atoms with Crippen molar-refractivity contribution in [3.8, 4) is 0 Å². The molecule has 3 nitrogen and oxygen atoms in total. The zero-order valence-corrected chi connectivity index (χ0v) is 20.1. The average Bonchev–Trinajstić information content (AvgIpc) is 3.19. The molecule has 1 aliphatic rings. The number of hydrogen-bond acceptors (Lipinski definition) is 2. The van der Waals surface area contributed by atoms with Crippen LogP contribution in [0.1, 0.15) is 57.4 Å². The van der Waals surface area contributed by atoms with Crippen LogP contribution in [0.3, 0.4) is 0 Å². The van der Waals surface area contributed by atoms with Gasteiger partial charge in [0.2, 0.25) is 0 Å². The number of hydrogen-bond donors (Lipinski definition) is 2. The van der Waals surface area contributed by atoms with Crippen LogP contribution in [0.15, 0.2) is 84.7 Å². The first-order valence-corrected chi connectivity index (χ1v) is 11.5. The SMILES string of the molecule is CCCCCCCCC1=C[NH+](c2ccc3ccccc3c2)NN1Cc1ccccc1.[Br-]. The predicted molar refractivity (Wildman–Crippen MR) is 126 cm³/mol. The van der Waals surface area contributed by atoms with Crippen LogP contribution >= 0.6 is 0 Å². The van der Waals surface area contributed by atoms with Crippen molar-refractivity contribution < 1.29 is 22.0 Å². The Balaban J connectivity index is 0.00000272. The second kappa shape index (κ2) is 12.0. The summed E-state index contributed by atoms with van der Waals surface area (Å²) in [5.41, 5.74) is 7.68. The molecule has 164 valence electrons. The Hall–Kier alpha value is -2.14. The molecule has 0 aromatic heterocycles. The molecule has 0 saturated carbocycles. The molecule has 1 unspecified atom stereocenters. The van der Waals surface area contributed by atoms with E-state index in [1.54, 1.807) is 0 Å². The van der Waals surface area contributed by atoms with Gasteiger partial charge in [0.15, 0.2) is 5.69 Å². The normalized spacial score (nSPS) is 15.7. The third-order valence-electron chi connectivity index (χ3n) is 5.94. The van der Waals surface area contributed by atoms with Crippen molar-refractivity contribution in [2.45, 2.75) is 58.4 Å². The quantitative estimate of drug-likeness (QED) is 0.436. The molecule has 1 atom stereocenters. The molecule has 1 heterocycles. The standard InChI is InChI=1S/C27H33N3.BrH/c1-2-3-4-5-6-10-17-27-22-30(28-29(27)21-23-13-8-7-9-14-23)26-19-18-24-15-11-12-16-25(24)20-26;/h7-9,11-16,18-20,22,28H,2-6,10,17,21H2,1H3;1H. The number of nitrogens with zero attached hydrogens (tertiary/aromatic N) is 1. The van der Waals surface area contributed by atoms with Gasteiger partial charge >= 0.3 is 0 Å². The average molecular weight is 480 g/mol. The molecule has 2 N–H and O–H groups in total. The lowest BCUT2D eigenvalue weighted by Crippen LogP contribution is -3.09. The number of nitrogens with one attached hydrogen (secondary N) is 2. The number of rotatable bonds is 10. The molecule has 3 aromatic rings. The summed E-state index contributed by atoms with van der Waals surface area (Å²) in [5, 5.41) is 6.12. The van der Waals surface area contributed by atoms with Crippen LogP contribution in [0.2, 0.25) is 0 Å². The molecule has 1 aliphatic heterocycles. The summed E-state index contributed by atoms with van der Waals surface area (Å²) in [6, 6.07) is 26.1. The fourth-order valence-electron chi connectivity index (χ4n) is 4.20. The Morgan fingerprint density at radius 1 is 0.774 bits per heavy atom. The van der Waals surface area contributed by atoms with Gasteiger partial charge in [0.25, 0.3) is 0 Å². The van der Waals surface area contributed by atoms with Crippen molar-refractivity contribution >= 4 is 16.5 Å². The first kappa shape index (κ1) is 23.5. The zero-order valence-electron chi connectivity index (χ0n) is 18.5. The van der Waals surface area contributed by atoms with Crippen LogP contribution in [-0.4, -0.2) is 5.01 Å². The molecule has 31 heavy (non-hydrogen) atoms. The van der Waals surface area contributed by atoms with Gasteiger partial charge in [-0.2, -0.15) is 5.01 Å². The minimum Gasteiger partial charge on any atom is -1.00 e. The molecule has 0 radical (unpaired) electrons. The van der Waals surface area contributed by atoms with Crippen LogP contribution < -0.4 is 27.5 Å². The van der Waals surface area contributed by atoms with E-state index in [9.17, 15) is 0 Å². The molecule has 0 fully saturated rings. The Morgan fingerprint density at radius 2 is 1.48 bits per heavy atom. The number of benzene rings is 3. The Kier molecular flexibility index (Phi) is 9.13. The van der Waals surface area contributed by atoms with Gasteiger partial charge in [0.05, 0.1) is 12.2 Å². The van der Waals surface area contributed by atoms with Gasteiger partial charge in [0.1, 0.15) is 6.20 Å². The van der Waals surface area contributed by atoms with Gasteiger partial charge in [-0.1, -0.05) is 99.2 Å². The fraction of sp³-hybridized carbons (Fsp3) is 0.333. The van der Waals surface area contributed by atoms with E-state index in [1.165, 1.54) is 71.3 Å². The van der Waals surface area contributed by atoms with Gasteiger partial charge < -0.3 is 17.0 Å². The molecule has 0 bridgehead atoms. The van der Waals surface area contributed by atoms with E-state index in [2.05, 4.69) is 96.5 Å². The number of fused-ring (bicyclic) bond motifs is 1. The maximum atomic E-state index is 3.69. The molecule has 0 aliphatic carbocycles. The Bertz CT molecular complexity index is 970. The van der Waals surface area contributed by atoms with Gasteiger partial charge in [-0.15, -0.1) is 0 Å². The van der Waals surface area contributed by atoms with Crippen LogP contribution in [0.5, 0.6) is 0 Å².